The molecular formula is C13H16BrNO2. The number of hydrogen-bond acceptors (Lipinski definition) is 3. The number of halogens is 1. The summed E-state index contributed by atoms with van der Waals surface area (Å²) in [5.74, 6) is 0.761. The Labute approximate surface area is 110 Å². The Bertz CT molecular complexity index is 420. The molecule has 1 aliphatic rings. The van der Waals surface area contributed by atoms with Crippen molar-refractivity contribution in [2.24, 2.45) is 4.99 Å². The topological polar surface area (TPSA) is 30.8 Å². The molecule has 0 saturated heterocycles. The number of alkyl halides is 1. The van der Waals surface area contributed by atoms with Crippen LogP contribution >= 0.6 is 15.9 Å². The summed E-state index contributed by atoms with van der Waals surface area (Å²) in [6.45, 7) is 2.52. The van der Waals surface area contributed by atoms with Crippen molar-refractivity contribution in [1.29, 1.82) is 0 Å². The SMILES string of the molecule is COCc1cccc(C2OC(C)=NC2CBr)c1. The minimum absolute atomic E-state index is 0.0196. The van der Waals surface area contributed by atoms with Gasteiger partial charge in [0.15, 0.2) is 5.90 Å². The molecule has 0 N–H and O–H groups in total. The van der Waals surface area contributed by atoms with Gasteiger partial charge in [0.2, 0.25) is 0 Å². The van der Waals surface area contributed by atoms with Gasteiger partial charge < -0.3 is 9.47 Å². The van der Waals surface area contributed by atoms with Crippen molar-refractivity contribution in [3.63, 3.8) is 0 Å². The van der Waals surface area contributed by atoms with Gasteiger partial charge in [0, 0.05) is 19.4 Å². The van der Waals surface area contributed by atoms with Crippen LogP contribution in [0.15, 0.2) is 29.3 Å². The Kier molecular flexibility index (Phi) is 4.18. The summed E-state index contributed by atoms with van der Waals surface area (Å²) in [5, 5.41) is 0.809. The molecule has 0 saturated carbocycles. The molecule has 4 heteroatoms. The lowest BCUT2D eigenvalue weighted by Crippen LogP contribution is -2.15. The Hall–Kier alpha value is -0.870. The van der Waals surface area contributed by atoms with Crippen molar-refractivity contribution < 1.29 is 9.47 Å². The second-order valence-corrected chi connectivity index (χ2v) is 4.73. The summed E-state index contributed by atoms with van der Waals surface area (Å²) in [6.07, 6.45) is 0.0196. The fourth-order valence-corrected chi connectivity index (χ4v) is 2.51. The van der Waals surface area contributed by atoms with Crippen LogP contribution in [-0.4, -0.2) is 24.4 Å². The number of nitrogens with zero attached hydrogens (tertiary/aromatic N) is 1. The third-order valence-electron chi connectivity index (χ3n) is 2.74. The molecular weight excluding hydrogens is 282 g/mol. The molecule has 0 spiro atoms. The quantitative estimate of drug-likeness (QED) is 0.800. The molecule has 92 valence electrons. The van der Waals surface area contributed by atoms with Crippen molar-refractivity contribution in [3.8, 4) is 0 Å². The van der Waals surface area contributed by atoms with Crippen molar-refractivity contribution in [2.75, 3.05) is 12.4 Å². The average molecular weight is 298 g/mol. The average Bonchev–Trinajstić information content (AvgIpc) is 2.71. The fourth-order valence-electron chi connectivity index (χ4n) is 2.03. The van der Waals surface area contributed by atoms with E-state index >= 15 is 0 Å². The van der Waals surface area contributed by atoms with E-state index in [0.717, 1.165) is 22.4 Å². The van der Waals surface area contributed by atoms with Crippen LogP contribution in [0.5, 0.6) is 0 Å². The molecule has 1 aromatic carbocycles. The van der Waals surface area contributed by atoms with E-state index in [1.165, 1.54) is 0 Å². The molecule has 0 fully saturated rings. The number of ether oxygens (including phenoxy) is 2. The number of rotatable bonds is 4. The van der Waals surface area contributed by atoms with Gasteiger partial charge in [-0.15, -0.1) is 0 Å². The normalized spacial score (nSPS) is 23.4. The Morgan fingerprint density at radius 3 is 3.00 bits per heavy atom. The minimum Gasteiger partial charge on any atom is -0.471 e. The van der Waals surface area contributed by atoms with E-state index in [2.05, 4.69) is 39.1 Å². The minimum atomic E-state index is 0.0196. The number of benzene rings is 1. The van der Waals surface area contributed by atoms with E-state index in [4.69, 9.17) is 9.47 Å². The monoisotopic (exact) mass is 297 g/mol. The van der Waals surface area contributed by atoms with Gasteiger partial charge >= 0.3 is 0 Å². The summed E-state index contributed by atoms with van der Waals surface area (Å²) in [5.41, 5.74) is 2.32. The Morgan fingerprint density at radius 2 is 2.29 bits per heavy atom. The maximum Gasteiger partial charge on any atom is 0.181 e. The predicted octanol–water partition coefficient (Wildman–Crippen LogP) is 3.09. The maximum absolute atomic E-state index is 5.76. The van der Waals surface area contributed by atoms with E-state index in [1.807, 2.05) is 13.0 Å². The van der Waals surface area contributed by atoms with Gasteiger partial charge in [-0.05, 0) is 17.2 Å². The molecule has 0 aromatic heterocycles. The standard InChI is InChI=1S/C13H16BrNO2/c1-9-15-12(7-14)13(17-9)11-5-3-4-10(6-11)8-16-2/h3-6,12-13H,7-8H2,1-2H3. The predicted molar refractivity (Wildman–Crippen MR) is 71.7 cm³/mol. The van der Waals surface area contributed by atoms with Crippen molar-refractivity contribution in [3.05, 3.63) is 35.4 Å². The molecule has 2 rings (SSSR count). The third-order valence-corrected chi connectivity index (χ3v) is 3.41. The van der Waals surface area contributed by atoms with Crippen LogP contribution in [-0.2, 0) is 16.1 Å². The zero-order valence-electron chi connectivity index (χ0n) is 10.0. The van der Waals surface area contributed by atoms with Crippen LogP contribution in [0.3, 0.4) is 0 Å². The molecule has 0 bridgehead atoms. The molecule has 2 atom stereocenters. The van der Waals surface area contributed by atoms with Gasteiger partial charge in [0.25, 0.3) is 0 Å². The molecule has 1 heterocycles. The number of aliphatic imine (C=N–C) groups is 1. The van der Waals surface area contributed by atoms with Crippen LogP contribution in [0.4, 0.5) is 0 Å². The maximum atomic E-state index is 5.76. The molecule has 17 heavy (non-hydrogen) atoms. The highest BCUT2D eigenvalue weighted by Crippen LogP contribution is 2.30. The van der Waals surface area contributed by atoms with Crippen LogP contribution in [0.1, 0.15) is 24.2 Å². The molecule has 3 nitrogen and oxygen atoms in total. The lowest BCUT2D eigenvalue weighted by molar-refractivity contribution is 0.183. The van der Waals surface area contributed by atoms with Gasteiger partial charge in [0.1, 0.15) is 12.1 Å². The highest BCUT2D eigenvalue weighted by atomic mass is 79.9. The summed E-state index contributed by atoms with van der Waals surface area (Å²) < 4.78 is 10.9. The Morgan fingerprint density at radius 1 is 1.47 bits per heavy atom. The highest BCUT2D eigenvalue weighted by Gasteiger charge is 2.29. The van der Waals surface area contributed by atoms with Crippen LogP contribution in [0, 0.1) is 0 Å². The summed E-state index contributed by atoms with van der Waals surface area (Å²) in [6, 6.07) is 8.45. The second-order valence-electron chi connectivity index (χ2n) is 4.09. The first-order valence-electron chi connectivity index (χ1n) is 5.59. The summed E-state index contributed by atoms with van der Waals surface area (Å²) >= 11 is 3.48. The molecule has 0 radical (unpaired) electrons. The largest absolute Gasteiger partial charge is 0.471 e. The van der Waals surface area contributed by atoms with Gasteiger partial charge in [-0.25, -0.2) is 4.99 Å². The Balaban J connectivity index is 2.19. The highest BCUT2D eigenvalue weighted by molar-refractivity contribution is 9.09. The van der Waals surface area contributed by atoms with Crippen LogP contribution < -0.4 is 0 Å². The fraction of sp³-hybridized carbons (Fsp3) is 0.462. The summed E-state index contributed by atoms with van der Waals surface area (Å²) in [7, 11) is 1.70. The lowest BCUT2D eigenvalue weighted by Gasteiger charge is -2.16. The lowest BCUT2D eigenvalue weighted by atomic mass is 10.0. The van der Waals surface area contributed by atoms with Gasteiger partial charge in [-0.3, -0.25) is 0 Å². The first-order chi connectivity index (χ1) is 8.24. The smallest absolute Gasteiger partial charge is 0.181 e. The molecule has 1 aliphatic heterocycles. The zero-order chi connectivity index (χ0) is 12.3. The van der Waals surface area contributed by atoms with Crippen LogP contribution in [0.25, 0.3) is 0 Å². The molecule has 0 amide bonds. The first kappa shape index (κ1) is 12.6. The van der Waals surface area contributed by atoms with Gasteiger partial charge in [-0.2, -0.15) is 0 Å². The molecule has 1 aromatic rings. The zero-order valence-corrected chi connectivity index (χ0v) is 11.6. The van der Waals surface area contributed by atoms with Gasteiger partial charge in [-0.1, -0.05) is 34.1 Å². The van der Waals surface area contributed by atoms with E-state index in [0.29, 0.717) is 6.61 Å². The van der Waals surface area contributed by atoms with Crippen molar-refractivity contribution in [2.45, 2.75) is 25.7 Å². The summed E-state index contributed by atoms with van der Waals surface area (Å²) in [4.78, 5) is 4.46. The van der Waals surface area contributed by atoms with Crippen molar-refractivity contribution >= 4 is 21.8 Å². The third kappa shape index (κ3) is 2.87. The van der Waals surface area contributed by atoms with Crippen molar-refractivity contribution in [1.82, 2.24) is 0 Å². The second kappa shape index (κ2) is 5.65. The molecule has 0 aliphatic carbocycles. The molecule has 2 unspecified atom stereocenters. The van der Waals surface area contributed by atoms with E-state index < -0.39 is 0 Å². The van der Waals surface area contributed by atoms with E-state index in [9.17, 15) is 0 Å². The number of methoxy groups -OCH3 is 1. The first-order valence-corrected chi connectivity index (χ1v) is 6.71. The number of hydrogen-bond donors (Lipinski definition) is 0. The van der Waals surface area contributed by atoms with Crippen LogP contribution in [0.2, 0.25) is 0 Å². The van der Waals surface area contributed by atoms with Gasteiger partial charge in [0.05, 0.1) is 6.61 Å². The van der Waals surface area contributed by atoms with E-state index in [-0.39, 0.29) is 12.1 Å². The van der Waals surface area contributed by atoms with E-state index in [1.54, 1.807) is 7.11 Å².